The molecule has 0 amide bonds. The van der Waals surface area contributed by atoms with E-state index < -0.39 is 21.6 Å². The molecular weight excluding hydrogens is 345 g/mol. The highest BCUT2D eigenvalue weighted by Gasteiger charge is 2.31. The molecule has 0 aromatic carbocycles. The number of alkyl halides is 3. The maximum absolute atomic E-state index is 12.8. The van der Waals surface area contributed by atoms with Crippen molar-refractivity contribution in [2.45, 2.75) is 18.0 Å². The molecule has 0 aliphatic carbocycles. The predicted molar refractivity (Wildman–Crippen MR) is 78.9 cm³/mol. The monoisotopic (exact) mass is 356 g/mol. The molecule has 0 atom stereocenters. The predicted octanol–water partition coefficient (Wildman–Crippen LogP) is 2.60. The zero-order valence-electron chi connectivity index (χ0n) is 12.3. The summed E-state index contributed by atoms with van der Waals surface area (Å²) in [5.74, 6) is -0.195. The molecule has 3 rings (SSSR count). The van der Waals surface area contributed by atoms with Gasteiger partial charge in [-0.15, -0.1) is 5.10 Å². The van der Waals surface area contributed by atoms with Crippen LogP contribution in [0.5, 0.6) is 0 Å². The van der Waals surface area contributed by atoms with Crippen molar-refractivity contribution in [3.8, 4) is 11.5 Å². The molecule has 10 heteroatoms. The third-order valence-electron chi connectivity index (χ3n) is 3.36. The topological polar surface area (TPSA) is 77.2 Å². The first-order valence-electron chi connectivity index (χ1n) is 6.84. The minimum atomic E-state index is -4.51. The van der Waals surface area contributed by atoms with Crippen molar-refractivity contribution in [1.82, 2.24) is 19.6 Å². The second-order valence-electron chi connectivity index (χ2n) is 4.91. The van der Waals surface area contributed by atoms with Crippen LogP contribution in [0, 0.1) is 0 Å². The largest absolute Gasteiger partial charge is 0.417 e. The van der Waals surface area contributed by atoms with E-state index in [1.165, 1.54) is 25.3 Å². The molecule has 0 N–H and O–H groups in total. The quantitative estimate of drug-likeness (QED) is 0.721. The smallest absolute Gasteiger partial charge is 0.251 e. The van der Waals surface area contributed by atoms with Gasteiger partial charge in [-0.1, -0.05) is 6.92 Å². The van der Waals surface area contributed by atoms with Gasteiger partial charge in [-0.3, -0.25) is 4.98 Å². The van der Waals surface area contributed by atoms with Crippen LogP contribution in [0.2, 0.25) is 0 Å². The molecule has 3 aromatic rings. The molecule has 3 heterocycles. The van der Waals surface area contributed by atoms with E-state index in [1.54, 1.807) is 0 Å². The highest BCUT2D eigenvalue weighted by molar-refractivity contribution is 7.91. The summed E-state index contributed by atoms with van der Waals surface area (Å²) in [7, 11) is -3.58. The van der Waals surface area contributed by atoms with Crippen LogP contribution in [0.1, 0.15) is 12.5 Å². The fraction of sp³-hybridized carbons (Fsp3) is 0.214. The first-order valence-corrected chi connectivity index (χ1v) is 8.49. The lowest BCUT2D eigenvalue weighted by Crippen LogP contribution is -2.07. The Labute approximate surface area is 134 Å². The first kappa shape index (κ1) is 16.4. The number of hydrogen-bond acceptors (Lipinski definition) is 5. The average molecular weight is 356 g/mol. The van der Waals surface area contributed by atoms with Gasteiger partial charge >= 0.3 is 6.18 Å². The third-order valence-corrected chi connectivity index (χ3v) is 5.12. The molecule has 0 fully saturated rings. The van der Waals surface area contributed by atoms with Gasteiger partial charge < -0.3 is 0 Å². The Bertz CT molecular complexity index is 1010. The van der Waals surface area contributed by atoms with Gasteiger partial charge in [0, 0.05) is 12.4 Å². The molecule has 0 bridgehead atoms. The van der Waals surface area contributed by atoms with E-state index in [4.69, 9.17) is 0 Å². The van der Waals surface area contributed by atoms with Crippen molar-refractivity contribution in [2.24, 2.45) is 0 Å². The van der Waals surface area contributed by atoms with Gasteiger partial charge in [-0.05, 0) is 24.3 Å². The fourth-order valence-electron chi connectivity index (χ4n) is 2.12. The van der Waals surface area contributed by atoms with E-state index in [-0.39, 0.29) is 27.8 Å². The standard InChI is InChI=1S/C14H11F3N4O2S/c1-2-24(22,23)10-4-3-7-18-12(10)13-19-11-6-5-9(14(15,16)17)8-21(11)20-13/h3-8H,2H2,1H3. The Kier molecular flexibility index (Phi) is 3.78. The molecule has 3 aromatic heterocycles. The lowest BCUT2D eigenvalue weighted by molar-refractivity contribution is -0.137. The number of nitrogens with zero attached hydrogens (tertiary/aromatic N) is 4. The van der Waals surface area contributed by atoms with Crippen molar-refractivity contribution in [2.75, 3.05) is 5.75 Å². The van der Waals surface area contributed by atoms with Crippen LogP contribution < -0.4 is 0 Å². The van der Waals surface area contributed by atoms with Crippen LogP contribution in [-0.2, 0) is 16.0 Å². The van der Waals surface area contributed by atoms with Gasteiger partial charge in [-0.2, -0.15) is 13.2 Å². The van der Waals surface area contributed by atoms with E-state index in [0.29, 0.717) is 0 Å². The van der Waals surface area contributed by atoms with Crippen LogP contribution in [0.3, 0.4) is 0 Å². The van der Waals surface area contributed by atoms with E-state index >= 15 is 0 Å². The second-order valence-corrected chi connectivity index (χ2v) is 7.15. The number of rotatable bonds is 3. The SMILES string of the molecule is CCS(=O)(=O)c1cccnc1-c1nc2ccc(C(F)(F)F)cn2n1. The normalized spacial score (nSPS) is 12.7. The summed E-state index contributed by atoms with van der Waals surface area (Å²) < 4.78 is 63.5. The van der Waals surface area contributed by atoms with Gasteiger partial charge in [0.2, 0.25) is 5.82 Å². The first-order chi connectivity index (χ1) is 11.2. The van der Waals surface area contributed by atoms with Crippen molar-refractivity contribution in [3.05, 3.63) is 42.2 Å². The molecule has 0 radical (unpaired) electrons. The van der Waals surface area contributed by atoms with E-state index in [9.17, 15) is 21.6 Å². The van der Waals surface area contributed by atoms with Gasteiger partial charge in [-0.25, -0.2) is 17.9 Å². The van der Waals surface area contributed by atoms with Gasteiger partial charge in [0.25, 0.3) is 0 Å². The van der Waals surface area contributed by atoms with E-state index in [1.807, 2.05) is 0 Å². The number of hydrogen-bond donors (Lipinski definition) is 0. The number of aromatic nitrogens is 4. The lowest BCUT2D eigenvalue weighted by Gasteiger charge is -2.05. The number of sulfone groups is 1. The van der Waals surface area contributed by atoms with Gasteiger partial charge in [0.15, 0.2) is 15.5 Å². The van der Waals surface area contributed by atoms with Crippen LogP contribution >= 0.6 is 0 Å². The van der Waals surface area contributed by atoms with Gasteiger partial charge in [0.05, 0.1) is 16.2 Å². The van der Waals surface area contributed by atoms with Crippen molar-refractivity contribution >= 4 is 15.5 Å². The number of halogens is 3. The average Bonchev–Trinajstić information content (AvgIpc) is 2.97. The number of fused-ring (bicyclic) bond motifs is 1. The minimum Gasteiger partial charge on any atom is -0.251 e. The maximum Gasteiger partial charge on any atom is 0.417 e. The summed E-state index contributed by atoms with van der Waals surface area (Å²) in [5.41, 5.74) is -0.714. The fourth-order valence-corrected chi connectivity index (χ4v) is 3.15. The van der Waals surface area contributed by atoms with Gasteiger partial charge in [0.1, 0.15) is 5.69 Å². The summed E-state index contributed by atoms with van der Waals surface area (Å²) >= 11 is 0. The van der Waals surface area contributed by atoms with Crippen molar-refractivity contribution < 1.29 is 21.6 Å². The molecule has 0 aliphatic rings. The Morgan fingerprint density at radius 1 is 1.21 bits per heavy atom. The molecular formula is C14H11F3N4O2S. The summed E-state index contributed by atoms with van der Waals surface area (Å²) in [6, 6.07) is 4.88. The highest BCUT2D eigenvalue weighted by Crippen LogP contribution is 2.30. The molecule has 0 saturated heterocycles. The summed E-state index contributed by atoms with van der Waals surface area (Å²) in [6.07, 6.45) is -2.35. The second kappa shape index (κ2) is 5.55. The summed E-state index contributed by atoms with van der Waals surface area (Å²) in [6.45, 7) is 1.48. The molecule has 126 valence electrons. The Morgan fingerprint density at radius 2 is 1.96 bits per heavy atom. The molecule has 0 aliphatic heterocycles. The lowest BCUT2D eigenvalue weighted by atomic mass is 10.3. The Morgan fingerprint density at radius 3 is 2.62 bits per heavy atom. The summed E-state index contributed by atoms with van der Waals surface area (Å²) in [5, 5.41) is 3.94. The Hall–Kier alpha value is -2.49. The minimum absolute atomic E-state index is 0.0107. The number of pyridine rings is 2. The van der Waals surface area contributed by atoms with Crippen molar-refractivity contribution in [1.29, 1.82) is 0 Å². The highest BCUT2D eigenvalue weighted by atomic mass is 32.2. The maximum atomic E-state index is 12.8. The summed E-state index contributed by atoms with van der Waals surface area (Å²) in [4.78, 5) is 8.01. The van der Waals surface area contributed by atoms with E-state index in [2.05, 4.69) is 15.1 Å². The Balaban J connectivity index is 2.18. The zero-order valence-corrected chi connectivity index (χ0v) is 13.1. The molecule has 24 heavy (non-hydrogen) atoms. The molecule has 6 nitrogen and oxygen atoms in total. The molecule has 0 unspecified atom stereocenters. The van der Waals surface area contributed by atoms with Crippen LogP contribution in [-0.4, -0.2) is 33.8 Å². The van der Waals surface area contributed by atoms with Crippen LogP contribution in [0.4, 0.5) is 13.2 Å². The van der Waals surface area contributed by atoms with Crippen LogP contribution in [0.25, 0.3) is 17.2 Å². The third kappa shape index (κ3) is 2.84. The zero-order chi connectivity index (χ0) is 17.5. The molecule has 0 spiro atoms. The van der Waals surface area contributed by atoms with Crippen molar-refractivity contribution in [3.63, 3.8) is 0 Å². The van der Waals surface area contributed by atoms with Crippen LogP contribution in [0.15, 0.2) is 41.6 Å². The molecule has 0 saturated carbocycles. The van der Waals surface area contributed by atoms with E-state index in [0.717, 1.165) is 22.8 Å².